The molecule has 1 aromatic heterocycles. The SMILES string of the molecule is CCOc1ncnc(N(CCBr)C2CCCC2)c1C. The molecule has 0 radical (unpaired) electrons. The number of nitrogens with zero attached hydrogens (tertiary/aromatic N) is 3. The first-order valence-electron chi connectivity index (χ1n) is 7.05. The molecule has 0 spiro atoms. The van der Waals surface area contributed by atoms with Crippen LogP contribution in [0.25, 0.3) is 0 Å². The summed E-state index contributed by atoms with van der Waals surface area (Å²) in [5.41, 5.74) is 1.05. The van der Waals surface area contributed by atoms with Gasteiger partial charge in [-0.2, -0.15) is 0 Å². The molecule has 1 heterocycles. The molecule has 0 aromatic carbocycles. The van der Waals surface area contributed by atoms with E-state index in [1.807, 2.05) is 6.92 Å². The number of alkyl halides is 1. The van der Waals surface area contributed by atoms with Crippen molar-refractivity contribution >= 4 is 21.7 Å². The minimum Gasteiger partial charge on any atom is -0.478 e. The topological polar surface area (TPSA) is 38.3 Å². The lowest BCUT2D eigenvalue weighted by atomic mass is 10.2. The second-order valence-electron chi connectivity index (χ2n) is 4.88. The van der Waals surface area contributed by atoms with Crippen LogP contribution in [0.1, 0.15) is 38.2 Å². The zero-order valence-electron chi connectivity index (χ0n) is 11.7. The lowest BCUT2D eigenvalue weighted by molar-refractivity contribution is 0.323. The molecule has 19 heavy (non-hydrogen) atoms. The first-order chi connectivity index (χ1) is 9.27. The maximum Gasteiger partial charge on any atom is 0.221 e. The van der Waals surface area contributed by atoms with Crippen molar-refractivity contribution in [1.29, 1.82) is 0 Å². The van der Waals surface area contributed by atoms with Crippen LogP contribution in [0.15, 0.2) is 6.33 Å². The quantitative estimate of drug-likeness (QED) is 0.751. The zero-order valence-corrected chi connectivity index (χ0v) is 13.3. The second kappa shape index (κ2) is 7.08. The Bertz CT molecular complexity index is 408. The van der Waals surface area contributed by atoms with Crippen LogP contribution in [0, 0.1) is 6.92 Å². The van der Waals surface area contributed by atoms with Crippen LogP contribution in [0.3, 0.4) is 0 Å². The van der Waals surface area contributed by atoms with Crippen LogP contribution in [0.5, 0.6) is 5.88 Å². The van der Waals surface area contributed by atoms with Crippen LogP contribution in [0.4, 0.5) is 5.82 Å². The molecule has 0 unspecified atom stereocenters. The van der Waals surface area contributed by atoms with Gasteiger partial charge < -0.3 is 9.64 Å². The third-order valence-electron chi connectivity index (χ3n) is 3.66. The fourth-order valence-corrected chi connectivity index (χ4v) is 3.15. The Morgan fingerprint density at radius 1 is 1.37 bits per heavy atom. The highest BCUT2D eigenvalue weighted by Crippen LogP contribution is 2.31. The Kier molecular flexibility index (Phi) is 5.43. The number of hydrogen-bond acceptors (Lipinski definition) is 4. The van der Waals surface area contributed by atoms with E-state index in [-0.39, 0.29) is 0 Å². The molecule has 4 nitrogen and oxygen atoms in total. The number of rotatable bonds is 6. The highest BCUT2D eigenvalue weighted by atomic mass is 79.9. The summed E-state index contributed by atoms with van der Waals surface area (Å²) in [7, 11) is 0. The van der Waals surface area contributed by atoms with Crippen molar-refractivity contribution in [2.24, 2.45) is 0 Å². The van der Waals surface area contributed by atoms with E-state index in [2.05, 4.69) is 37.7 Å². The van der Waals surface area contributed by atoms with Crippen molar-refractivity contribution < 1.29 is 4.74 Å². The van der Waals surface area contributed by atoms with E-state index in [9.17, 15) is 0 Å². The average Bonchev–Trinajstić information content (AvgIpc) is 2.93. The largest absolute Gasteiger partial charge is 0.478 e. The Morgan fingerprint density at radius 2 is 2.11 bits per heavy atom. The molecule has 0 amide bonds. The lowest BCUT2D eigenvalue weighted by Crippen LogP contribution is -2.36. The van der Waals surface area contributed by atoms with Crippen molar-refractivity contribution in [2.75, 3.05) is 23.4 Å². The molecule has 0 saturated heterocycles. The zero-order chi connectivity index (χ0) is 13.7. The Hall–Kier alpha value is -0.840. The summed E-state index contributed by atoms with van der Waals surface area (Å²) in [5.74, 6) is 1.75. The number of hydrogen-bond donors (Lipinski definition) is 0. The van der Waals surface area contributed by atoms with Crippen LogP contribution in [0.2, 0.25) is 0 Å². The van der Waals surface area contributed by atoms with Crippen LogP contribution >= 0.6 is 15.9 Å². The number of halogens is 1. The van der Waals surface area contributed by atoms with Gasteiger partial charge in [0.25, 0.3) is 0 Å². The molecule has 0 N–H and O–H groups in total. The molecule has 1 aromatic rings. The summed E-state index contributed by atoms with van der Waals surface area (Å²) in [6, 6.07) is 0.612. The van der Waals surface area contributed by atoms with Crippen LogP contribution < -0.4 is 9.64 Å². The van der Waals surface area contributed by atoms with Crippen molar-refractivity contribution in [2.45, 2.75) is 45.6 Å². The third-order valence-corrected chi connectivity index (χ3v) is 4.01. The molecule has 1 aliphatic carbocycles. The van der Waals surface area contributed by atoms with Gasteiger partial charge in [0.15, 0.2) is 0 Å². The van der Waals surface area contributed by atoms with E-state index < -0.39 is 0 Å². The maximum atomic E-state index is 5.58. The minimum atomic E-state index is 0.612. The van der Waals surface area contributed by atoms with Gasteiger partial charge in [0.05, 0.1) is 12.2 Å². The summed E-state index contributed by atoms with van der Waals surface area (Å²) < 4.78 is 5.58. The van der Waals surface area contributed by atoms with Crippen LogP contribution in [-0.2, 0) is 0 Å². The molecule has 1 saturated carbocycles. The van der Waals surface area contributed by atoms with E-state index in [4.69, 9.17) is 4.74 Å². The maximum absolute atomic E-state index is 5.58. The van der Waals surface area contributed by atoms with E-state index in [0.717, 1.165) is 23.3 Å². The molecule has 1 aliphatic rings. The normalized spacial score (nSPS) is 15.7. The summed E-state index contributed by atoms with van der Waals surface area (Å²) in [6.07, 6.45) is 6.79. The van der Waals surface area contributed by atoms with Gasteiger partial charge in [0.1, 0.15) is 12.1 Å². The number of ether oxygens (including phenoxy) is 1. The van der Waals surface area contributed by atoms with Gasteiger partial charge in [0.2, 0.25) is 5.88 Å². The first kappa shape index (κ1) is 14.6. The predicted molar refractivity (Wildman–Crippen MR) is 81.3 cm³/mol. The molecular formula is C14H22BrN3O. The Labute approximate surface area is 123 Å². The van der Waals surface area contributed by atoms with E-state index in [1.165, 1.54) is 25.7 Å². The third kappa shape index (κ3) is 3.38. The van der Waals surface area contributed by atoms with Crippen molar-refractivity contribution in [3.8, 4) is 5.88 Å². The standard InChI is InChI=1S/C14H22BrN3O/c1-3-19-14-11(2)13(16-10-17-14)18(9-8-15)12-6-4-5-7-12/h10,12H,3-9H2,1-2H3. The number of aromatic nitrogens is 2. The van der Waals surface area contributed by atoms with Crippen molar-refractivity contribution in [3.63, 3.8) is 0 Å². The van der Waals surface area contributed by atoms with Gasteiger partial charge in [0, 0.05) is 17.9 Å². The smallest absolute Gasteiger partial charge is 0.221 e. The van der Waals surface area contributed by atoms with Gasteiger partial charge in [-0.25, -0.2) is 9.97 Å². The van der Waals surface area contributed by atoms with E-state index in [0.29, 0.717) is 18.5 Å². The van der Waals surface area contributed by atoms with Gasteiger partial charge in [-0.05, 0) is 26.7 Å². The minimum absolute atomic E-state index is 0.612. The highest BCUT2D eigenvalue weighted by molar-refractivity contribution is 9.09. The summed E-state index contributed by atoms with van der Waals surface area (Å²) in [5, 5.41) is 0.955. The van der Waals surface area contributed by atoms with E-state index >= 15 is 0 Å². The van der Waals surface area contributed by atoms with Gasteiger partial charge in [-0.1, -0.05) is 28.8 Å². The molecule has 5 heteroatoms. The molecule has 0 aliphatic heterocycles. The Balaban J connectivity index is 2.27. The lowest BCUT2D eigenvalue weighted by Gasteiger charge is -2.30. The number of anilines is 1. The van der Waals surface area contributed by atoms with Crippen LogP contribution in [-0.4, -0.2) is 34.5 Å². The van der Waals surface area contributed by atoms with E-state index in [1.54, 1.807) is 6.33 Å². The summed E-state index contributed by atoms with van der Waals surface area (Å²) in [4.78, 5) is 11.1. The van der Waals surface area contributed by atoms with Crippen molar-refractivity contribution in [3.05, 3.63) is 11.9 Å². The molecule has 106 valence electrons. The molecule has 1 fully saturated rings. The fraction of sp³-hybridized carbons (Fsp3) is 0.714. The van der Waals surface area contributed by atoms with Gasteiger partial charge in [-0.15, -0.1) is 0 Å². The monoisotopic (exact) mass is 327 g/mol. The average molecular weight is 328 g/mol. The molecular weight excluding hydrogens is 306 g/mol. The van der Waals surface area contributed by atoms with Crippen molar-refractivity contribution in [1.82, 2.24) is 9.97 Å². The molecule has 0 atom stereocenters. The molecule has 0 bridgehead atoms. The predicted octanol–water partition coefficient (Wildman–Crippen LogP) is 3.33. The highest BCUT2D eigenvalue weighted by Gasteiger charge is 2.25. The summed E-state index contributed by atoms with van der Waals surface area (Å²) in [6.45, 7) is 5.65. The van der Waals surface area contributed by atoms with Gasteiger partial charge in [-0.3, -0.25) is 0 Å². The Morgan fingerprint density at radius 3 is 2.74 bits per heavy atom. The molecule has 2 rings (SSSR count). The second-order valence-corrected chi connectivity index (χ2v) is 5.67. The summed E-state index contributed by atoms with van der Waals surface area (Å²) >= 11 is 3.55. The first-order valence-corrected chi connectivity index (χ1v) is 8.17. The van der Waals surface area contributed by atoms with Gasteiger partial charge >= 0.3 is 0 Å². The fourth-order valence-electron chi connectivity index (χ4n) is 2.77.